The van der Waals surface area contributed by atoms with E-state index in [1.54, 1.807) is 0 Å². The van der Waals surface area contributed by atoms with Gasteiger partial charge in [-0.25, -0.2) is 0 Å². The van der Waals surface area contributed by atoms with Gasteiger partial charge < -0.3 is 5.11 Å². The van der Waals surface area contributed by atoms with E-state index in [2.05, 4.69) is 0 Å². The summed E-state index contributed by atoms with van der Waals surface area (Å²) in [4.78, 5) is 0. The van der Waals surface area contributed by atoms with Crippen molar-refractivity contribution in [2.45, 2.75) is 0 Å². The van der Waals surface area contributed by atoms with Crippen LogP contribution in [0.4, 0.5) is 0 Å². The van der Waals surface area contributed by atoms with Crippen LogP contribution in [0.1, 0.15) is 0 Å². The molecule has 1 radical (unpaired) electrons. The first-order valence-corrected chi connectivity index (χ1v) is 0.447. The van der Waals surface area contributed by atoms with Crippen LogP contribution in [-0.2, 0) is 0 Å². The van der Waals surface area contributed by atoms with E-state index in [1.807, 2.05) is 0 Å². The van der Waals surface area contributed by atoms with Gasteiger partial charge in [0.05, 0.1) is 0 Å². The molecule has 0 aliphatic carbocycles. The number of rotatable bonds is 0. The van der Waals surface area contributed by atoms with Gasteiger partial charge in [0.1, 0.15) is 0 Å². The van der Waals surface area contributed by atoms with Gasteiger partial charge in [-0.3, -0.25) is 0 Å². The summed E-state index contributed by atoms with van der Waals surface area (Å²) in [6, 6.07) is 0. The average molecular weight is 50.0 g/mol. The molecule has 0 heterocycles. The van der Waals surface area contributed by atoms with Gasteiger partial charge in [-0.15, -0.1) is 0 Å². The SMILES string of the molecule is N#CO.[Li]. The van der Waals surface area contributed by atoms with Crippen molar-refractivity contribution < 1.29 is 5.11 Å². The Bertz CT molecular complexity index is 29.5. The summed E-state index contributed by atoms with van der Waals surface area (Å²) in [5.74, 6) is 0. The van der Waals surface area contributed by atoms with Gasteiger partial charge in [-0.05, 0) is 0 Å². The maximum atomic E-state index is 6.88. The van der Waals surface area contributed by atoms with Crippen molar-refractivity contribution in [1.29, 1.82) is 5.26 Å². The van der Waals surface area contributed by atoms with E-state index in [0.29, 0.717) is 0 Å². The van der Waals surface area contributed by atoms with Gasteiger partial charge in [-0.1, -0.05) is 0 Å². The fraction of sp³-hybridized carbons (Fsp3) is 0. The zero-order valence-corrected chi connectivity index (χ0v) is 2.39. The number of aliphatic hydroxyl groups excluding tert-OH is 1. The van der Waals surface area contributed by atoms with Gasteiger partial charge in [0.15, 0.2) is 0 Å². The van der Waals surface area contributed by atoms with Crippen LogP contribution < -0.4 is 0 Å². The molecule has 17 valence electrons. The van der Waals surface area contributed by atoms with E-state index in [0.717, 1.165) is 6.26 Å². The van der Waals surface area contributed by atoms with Gasteiger partial charge in [0.25, 0.3) is 6.26 Å². The molecular weight excluding hydrogens is 49.0 g/mol. The first-order chi connectivity index (χ1) is 1.41. The summed E-state index contributed by atoms with van der Waals surface area (Å²) in [5.41, 5.74) is 0. The predicted molar refractivity (Wildman–Crippen MR) is 13.3 cm³/mol. The minimum Gasteiger partial charge on any atom is -0.443 e. The van der Waals surface area contributed by atoms with Gasteiger partial charge in [0, 0.05) is 18.9 Å². The van der Waals surface area contributed by atoms with Crippen LogP contribution in [0, 0.1) is 11.5 Å². The number of nitrogens with zero attached hydrogens (tertiary/aromatic N) is 1. The normalized spacial score (nSPS) is 1.75. The van der Waals surface area contributed by atoms with Crippen molar-refractivity contribution in [3.63, 3.8) is 0 Å². The Kier molecular flexibility index (Phi) is 29.7. The van der Waals surface area contributed by atoms with Crippen molar-refractivity contribution in [2.24, 2.45) is 0 Å². The van der Waals surface area contributed by atoms with E-state index in [4.69, 9.17) is 10.4 Å². The molecule has 0 bridgehead atoms. The van der Waals surface area contributed by atoms with Crippen molar-refractivity contribution in [1.82, 2.24) is 0 Å². The summed E-state index contributed by atoms with van der Waals surface area (Å²) in [5, 5.41) is 13.8. The zero-order chi connectivity index (χ0) is 2.71. The minimum absolute atomic E-state index is 0. The second-order valence-electron chi connectivity index (χ2n) is 0.100. The fourth-order valence-electron chi connectivity index (χ4n) is 0. The molecule has 0 aromatic rings. The molecule has 4 heavy (non-hydrogen) atoms. The number of hydrogen-bond donors (Lipinski definition) is 1. The average Bonchev–Trinajstić information content (AvgIpc) is 0.918. The molecule has 0 aliphatic rings. The Morgan fingerprint density at radius 3 is 1.75 bits per heavy atom. The predicted octanol–water partition coefficient (Wildman–Crippen LogP) is -0.541. The molecule has 2 nitrogen and oxygen atoms in total. The second-order valence-corrected chi connectivity index (χ2v) is 0.100. The van der Waals surface area contributed by atoms with Gasteiger partial charge in [-0.2, -0.15) is 5.26 Å². The Hall–Kier alpha value is -0.113. The van der Waals surface area contributed by atoms with E-state index in [-0.39, 0.29) is 18.9 Å². The number of hydrogen-bond acceptors (Lipinski definition) is 2. The molecule has 0 rings (SSSR count). The number of aliphatic hydroxyl groups is 1. The third-order valence-electron chi connectivity index (χ3n) is 0. The summed E-state index contributed by atoms with van der Waals surface area (Å²) < 4.78 is 0. The summed E-state index contributed by atoms with van der Waals surface area (Å²) in [6.45, 7) is 0. The Labute approximate surface area is 36.2 Å². The van der Waals surface area contributed by atoms with Crippen LogP contribution in [0.25, 0.3) is 0 Å². The van der Waals surface area contributed by atoms with Crippen molar-refractivity contribution in [3.8, 4) is 6.26 Å². The molecule has 1 N–H and O–H groups in total. The minimum atomic E-state index is 0. The summed E-state index contributed by atoms with van der Waals surface area (Å²) in [7, 11) is 0. The Morgan fingerprint density at radius 1 is 1.75 bits per heavy atom. The molecule has 0 unspecified atom stereocenters. The smallest absolute Gasteiger partial charge is 0.283 e. The van der Waals surface area contributed by atoms with Crippen LogP contribution in [0.5, 0.6) is 0 Å². The van der Waals surface area contributed by atoms with E-state index < -0.39 is 0 Å². The maximum Gasteiger partial charge on any atom is 0.283 e. The third kappa shape index (κ3) is 117. The van der Waals surface area contributed by atoms with E-state index in [9.17, 15) is 0 Å². The van der Waals surface area contributed by atoms with Crippen LogP contribution in [0.3, 0.4) is 0 Å². The topological polar surface area (TPSA) is 44.0 Å². The van der Waals surface area contributed by atoms with Crippen molar-refractivity contribution in [3.05, 3.63) is 0 Å². The van der Waals surface area contributed by atoms with E-state index >= 15 is 0 Å². The second kappa shape index (κ2) is 13.1. The molecular formula is CHLiNO. The van der Waals surface area contributed by atoms with Crippen LogP contribution in [0.15, 0.2) is 0 Å². The van der Waals surface area contributed by atoms with Gasteiger partial charge in [0.2, 0.25) is 0 Å². The monoisotopic (exact) mass is 50.0 g/mol. The van der Waals surface area contributed by atoms with E-state index in [1.165, 1.54) is 0 Å². The standard InChI is InChI=1S/CHNO.Li/c2-1-3;/h3H;. The third-order valence-corrected chi connectivity index (χ3v) is 0. The van der Waals surface area contributed by atoms with Gasteiger partial charge >= 0.3 is 0 Å². The Balaban J connectivity index is 0. The van der Waals surface area contributed by atoms with Crippen LogP contribution in [0.2, 0.25) is 0 Å². The fourth-order valence-corrected chi connectivity index (χ4v) is 0. The molecule has 0 aromatic heterocycles. The molecule has 0 fully saturated rings. The van der Waals surface area contributed by atoms with Crippen LogP contribution >= 0.6 is 0 Å². The quantitative estimate of drug-likeness (QED) is 0.296. The zero-order valence-electron chi connectivity index (χ0n) is 2.39. The number of nitriles is 1. The molecule has 0 spiro atoms. The molecule has 0 saturated heterocycles. The Morgan fingerprint density at radius 2 is 1.75 bits per heavy atom. The molecule has 0 aromatic carbocycles. The first kappa shape index (κ1) is 9.10. The van der Waals surface area contributed by atoms with Crippen LogP contribution in [-0.4, -0.2) is 24.0 Å². The summed E-state index contributed by atoms with van der Waals surface area (Å²) >= 11 is 0. The summed E-state index contributed by atoms with van der Waals surface area (Å²) in [6.07, 6.45) is 0.750. The molecule has 0 saturated carbocycles. The largest absolute Gasteiger partial charge is 0.443 e. The molecule has 0 amide bonds. The van der Waals surface area contributed by atoms with Crippen molar-refractivity contribution in [2.75, 3.05) is 0 Å². The molecule has 3 heteroatoms. The molecule has 0 aliphatic heterocycles. The maximum absolute atomic E-state index is 6.88. The van der Waals surface area contributed by atoms with Crippen molar-refractivity contribution >= 4 is 18.9 Å². The first-order valence-electron chi connectivity index (χ1n) is 0.447. The molecule has 0 atom stereocenters.